The summed E-state index contributed by atoms with van der Waals surface area (Å²) in [5.41, 5.74) is -1.40. The van der Waals surface area contributed by atoms with Gasteiger partial charge in [-0.3, -0.25) is 4.79 Å². The maximum Gasteiger partial charge on any atom is 0.573 e. The molecule has 10 heteroatoms. The molecular weight excluding hydrogens is 420 g/mol. The first-order chi connectivity index (χ1) is 13.0. The third-order valence-corrected chi connectivity index (χ3v) is 3.94. The lowest BCUT2D eigenvalue weighted by atomic mass is 10.1. The van der Waals surface area contributed by atoms with Gasteiger partial charge in [0.15, 0.2) is 5.54 Å². The summed E-state index contributed by atoms with van der Waals surface area (Å²) in [6.45, 7) is 1.18. The predicted molar refractivity (Wildman–Crippen MR) is 96.6 cm³/mol. The van der Waals surface area contributed by atoms with Crippen molar-refractivity contribution in [3.05, 3.63) is 58.1 Å². The van der Waals surface area contributed by atoms with Gasteiger partial charge in [0, 0.05) is 16.7 Å². The van der Waals surface area contributed by atoms with Gasteiger partial charge in [-0.15, -0.1) is 13.2 Å². The minimum atomic E-state index is -4.83. The molecule has 0 fully saturated rings. The number of ether oxygens (including phenoxy) is 2. The Balaban J connectivity index is 2.05. The molecule has 0 saturated carbocycles. The quantitative estimate of drug-likeness (QED) is 0.698. The van der Waals surface area contributed by atoms with Crippen molar-refractivity contribution < 1.29 is 27.4 Å². The highest BCUT2D eigenvalue weighted by Crippen LogP contribution is 2.28. The molecule has 2 rings (SSSR count). The van der Waals surface area contributed by atoms with E-state index in [1.807, 2.05) is 6.07 Å². The van der Waals surface area contributed by atoms with E-state index >= 15 is 0 Å². The van der Waals surface area contributed by atoms with Crippen molar-refractivity contribution in [2.75, 3.05) is 6.61 Å². The second kappa shape index (κ2) is 8.59. The van der Waals surface area contributed by atoms with Crippen LogP contribution in [-0.2, 0) is 0 Å². The van der Waals surface area contributed by atoms with Crippen molar-refractivity contribution in [1.29, 1.82) is 5.26 Å². The van der Waals surface area contributed by atoms with Crippen LogP contribution in [0.5, 0.6) is 11.5 Å². The Kier molecular flexibility index (Phi) is 6.65. The van der Waals surface area contributed by atoms with Gasteiger partial charge < -0.3 is 14.8 Å². The minimum absolute atomic E-state index is 0.0387. The van der Waals surface area contributed by atoms with E-state index in [0.29, 0.717) is 5.02 Å². The van der Waals surface area contributed by atoms with Gasteiger partial charge in [0.25, 0.3) is 5.91 Å². The lowest BCUT2D eigenvalue weighted by molar-refractivity contribution is -0.274. The van der Waals surface area contributed by atoms with Crippen molar-refractivity contribution in [2.24, 2.45) is 0 Å². The highest BCUT2D eigenvalue weighted by molar-refractivity contribution is 6.34. The number of nitrogens with one attached hydrogen (secondary N) is 1. The molecule has 0 heterocycles. The molecule has 28 heavy (non-hydrogen) atoms. The van der Waals surface area contributed by atoms with Crippen LogP contribution in [0, 0.1) is 11.3 Å². The van der Waals surface area contributed by atoms with Gasteiger partial charge >= 0.3 is 6.36 Å². The van der Waals surface area contributed by atoms with E-state index in [2.05, 4.69) is 10.1 Å². The average molecular weight is 433 g/mol. The molecule has 1 atom stereocenters. The van der Waals surface area contributed by atoms with Crippen LogP contribution in [0.15, 0.2) is 42.5 Å². The minimum Gasteiger partial charge on any atom is -0.488 e. The third-order valence-electron chi connectivity index (χ3n) is 3.40. The van der Waals surface area contributed by atoms with Crippen molar-refractivity contribution in [2.45, 2.75) is 18.8 Å². The number of amides is 1. The van der Waals surface area contributed by atoms with Crippen molar-refractivity contribution >= 4 is 29.1 Å². The van der Waals surface area contributed by atoms with Gasteiger partial charge in [0.2, 0.25) is 0 Å². The number of benzene rings is 2. The van der Waals surface area contributed by atoms with Gasteiger partial charge in [-0.2, -0.15) is 5.26 Å². The number of halogens is 5. The molecule has 1 N–H and O–H groups in total. The molecule has 1 amide bonds. The molecule has 0 aliphatic heterocycles. The lowest BCUT2D eigenvalue weighted by Gasteiger charge is -2.24. The molecule has 1 unspecified atom stereocenters. The van der Waals surface area contributed by atoms with E-state index in [-0.39, 0.29) is 22.9 Å². The number of nitrogens with zero attached hydrogens (tertiary/aromatic N) is 1. The fourth-order valence-corrected chi connectivity index (χ4v) is 2.37. The van der Waals surface area contributed by atoms with Crippen molar-refractivity contribution in [3.63, 3.8) is 0 Å². The molecular formula is C18H13Cl2F3N2O3. The first-order valence-corrected chi connectivity index (χ1v) is 8.44. The van der Waals surface area contributed by atoms with Gasteiger partial charge in [0.1, 0.15) is 18.1 Å². The van der Waals surface area contributed by atoms with Gasteiger partial charge in [-0.05, 0) is 43.3 Å². The monoisotopic (exact) mass is 432 g/mol. The first kappa shape index (κ1) is 21.7. The molecule has 0 aliphatic carbocycles. The number of carbonyl (C=O) groups excluding carboxylic acids is 1. The summed E-state index contributed by atoms with van der Waals surface area (Å²) in [6, 6.07) is 10.7. The van der Waals surface area contributed by atoms with E-state index in [1.54, 1.807) is 6.07 Å². The summed E-state index contributed by atoms with van der Waals surface area (Å²) in [4.78, 5) is 12.3. The van der Waals surface area contributed by atoms with Crippen molar-refractivity contribution in [3.8, 4) is 17.6 Å². The second-order valence-corrected chi connectivity index (χ2v) is 6.68. The summed E-state index contributed by atoms with van der Waals surface area (Å²) < 4.78 is 45.8. The number of alkyl halides is 3. The normalized spacial score (nSPS) is 13.2. The molecule has 148 valence electrons. The van der Waals surface area contributed by atoms with E-state index in [0.717, 1.165) is 24.3 Å². The van der Waals surface area contributed by atoms with Gasteiger partial charge in [-0.1, -0.05) is 23.2 Å². The van der Waals surface area contributed by atoms with Crippen LogP contribution >= 0.6 is 23.2 Å². The summed E-state index contributed by atoms with van der Waals surface area (Å²) in [5, 5.41) is 12.5. The number of hydrogen-bond donors (Lipinski definition) is 1. The van der Waals surface area contributed by atoms with Gasteiger partial charge in [0.05, 0.1) is 11.1 Å². The molecule has 5 nitrogen and oxygen atoms in total. The van der Waals surface area contributed by atoms with Crippen LogP contribution in [0.4, 0.5) is 13.2 Å². The molecule has 2 aromatic rings. The van der Waals surface area contributed by atoms with Crippen LogP contribution in [-0.4, -0.2) is 24.4 Å². The number of hydrogen-bond acceptors (Lipinski definition) is 4. The van der Waals surface area contributed by atoms with Gasteiger partial charge in [-0.25, -0.2) is 0 Å². The molecule has 0 spiro atoms. The van der Waals surface area contributed by atoms with Crippen LogP contribution in [0.25, 0.3) is 0 Å². The zero-order chi connectivity index (χ0) is 20.9. The van der Waals surface area contributed by atoms with Crippen LogP contribution < -0.4 is 14.8 Å². The third kappa shape index (κ3) is 6.22. The Morgan fingerprint density at radius 2 is 1.82 bits per heavy atom. The molecule has 0 aromatic heterocycles. The summed E-state index contributed by atoms with van der Waals surface area (Å²) in [5.74, 6) is -0.909. The van der Waals surface area contributed by atoms with E-state index < -0.39 is 23.6 Å². The van der Waals surface area contributed by atoms with Crippen molar-refractivity contribution in [1.82, 2.24) is 5.32 Å². The maximum absolute atomic E-state index is 12.3. The highest BCUT2D eigenvalue weighted by Gasteiger charge is 2.31. The zero-order valence-electron chi connectivity index (χ0n) is 14.3. The maximum atomic E-state index is 12.3. The fourth-order valence-electron chi connectivity index (χ4n) is 2.04. The Labute approximate surface area is 168 Å². The lowest BCUT2D eigenvalue weighted by Crippen LogP contribution is -2.49. The highest BCUT2D eigenvalue weighted by atomic mass is 35.5. The van der Waals surface area contributed by atoms with Crippen LogP contribution in [0.2, 0.25) is 10.0 Å². The second-order valence-electron chi connectivity index (χ2n) is 5.83. The van der Waals surface area contributed by atoms with E-state index in [1.165, 1.54) is 19.1 Å². The number of carbonyl (C=O) groups is 1. The molecule has 2 aromatic carbocycles. The summed E-state index contributed by atoms with van der Waals surface area (Å²) >= 11 is 11.8. The smallest absolute Gasteiger partial charge is 0.488 e. The molecule has 0 bridgehead atoms. The Hall–Kier alpha value is -2.63. The molecule has 0 saturated heterocycles. The average Bonchev–Trinajstić information content (AvgIpc) is 2.61. The van der Waals surface area contributed by atoms with Crippen LogP contribution in [0.1, 0.15) is 17.3 Å². The predicted octanol–water partition coefficient (Wildman–Crippen LogP) is 4.98. The standard InChI is InChI=1S/C18H13Cl2F3N2O3/c1-17(9-24,10-27-15-8-12(19)4-7-14(15)20)25-16(26)11-2-5-13(6-3-11)28-18(21,22)23/h2-8H,10H2,1H3,(H,25,26). The first-order valence-electron chi connectivity index (χ1n) is 7.69. The SMILES string of the molecule is CC(C#N)(COc1cc(Cl)ccc1Cl)NC(=O)c1ccc(OC(F)(F)F)cc1. The topological polar surface area (TPSA) is 71.3 Å². The molecule has 0 aliphatic rings. The number of rotatable bonds is 6. The molecule has 0 radical (unpaired) electrons. The van der Waals surface area contributed by atoms with Crippen LogP contribution in [0.3, 0.4) is 0 Å². The Bertz CT molecular complexity index is 898. The summed E-state index contributed by atoms with van der Waals surface area (Å²) in [6.07, 6.45) is -4.83. The van der Waals surface area contributed by atoms with E-state index in [4.69, 9.17) is 27.9 Å². The van der Waals surface area contributed by atoms with E-state index in [9.17, 15) is 23.2 Å². The Morgan fingerprint density at radius 3 is 2.39 bits per heavy atom. The largest absolute Gasteiger partial charge is 0.573 e. The summed E-state index contributed by atoms with van der Waals surface area (Å²) in [7, 11) is 0. The number of nitriles is 1. The Morgan fingerprint density at radius 1 is 1.18 bits per heavy atom. The zero-order valence-corrected chi connectivity index (χ0v) is 15.8. The fraction of sp³-hybridized carbons (Fsp3) is 0.222.